The summed E-state index contributed by atoms with van der Waals surface area (Å²) in [6.07, 6.45) is 2.67. The molecular formula is C16H20N2O2. The Bertz CT molecular complexity index is 628. The molecule has 4 heteroatoms. The Kier molecular flexibility index (Phi) is 4.23. The van der Waals surface area contributed by atoms with Crippen molar-refractivity contribution in [3.63, 3.8) is 0 Å². The lowest BCUT2D eigenvalue weighted by Crippen LogP contribution is -2.38. The molecule has 4 nitrogen and oxygen atoms in total. The normalized spacial score (nSPS) is 12.6. The average Bonchev–Trinajstić information content (AvgIpc) is 2.81. The number of benzene rings is 1. The van der Waals surface area contributed by atoms with Crippen molar-refractivity contribution in [1.29, 1.82) is 0 Å². The second-order valence-electron chi connectivity index (χ2n) is 5.45. The Balaban J connectivity index is 2.22. The van der Waals surface area contributed by atoms with Crippen LogP contribution in [-0.4, -0.2) is 22.8 Å². The summed E-state index contributed by atoms with van der Waals surface area (Å²) in [5.41, 5.74) is 1.42. The van der Waals surface area contributed by atoms with E-state index in [-0.39, 0.29) is 18.5 Å². The summed E-state index contributed by atoms with van der Waals surface area (Å²) in [6, 6.07) is 7.60. The number of hydrogen-bond acceptors (Lipinski definition) is 2. The third kappa shape index (κ3) is 2.90. The molecule has 0 spiro atoms. The summed E-state index contributed by atoms with van der Waals surface area (Å²) in [5, 5.41) is 3.94. The summed E-state index contributed by atoms with van der Waals surface area (Å²) in [6.45, 7) is 6.36. The van der Waals surface area contributed by atoms with Crippen molar-refractivity contribution in [2.24, 2.45) is 5.92 Å². The maximum absolute atomic E-state index is 12.0. The SMILES string of the molecule is CC(C)C(C)NC(=O)Cn1ccc2cccc(C=O)c21. The molecule has 0 bridgehead atoms. The van der Waals surface area contributed by atoms with E-state index in [0.717, 1.165) is 17.2 Å². The molecule has 1 atom stereocenters. The van der Waals surface area contributed by atoms with E-state index in [2.05, 4.69) is 19.2 Å². The molecule has 20 heavy (non-hydrogen) atoms. The van der Waals surface area contributed by atoms with Crippen LogP contribution in [0.15, 0.2) is 30.5 Å². The highest BCUT2D eigenvalue weighted by Gasteiger charge is 2.13. The third-order valence-corrected chi connectivity index (χ3v) is 3.65. The van der Waals surface area contributed by atoms with Gasteiger partial charge in [0.15, 0.2) is 6.29 Å². The van der Waals surface area contributed by atoms with Crippen molar-refractivity contribution >= 4 is 23.1 Å². The highest BCUT2D eigenvalue weighted by Crippen LogP contribution is 2.19. The second-order valence-corrected chi connectivity index (χ2v) is 5.45. The van der Waals surface area contributed by atoms with Crippen molar-refractivity contribution in [2.45, 2.75) is 33.4 Å². The first-order valence-corrected chi connectivity index (χ1v) is 6.85. The first-order chi connectivity index (χ1) is 9.52. The Morgan fingerprint density at radius 2 is 2.05 bits per heavy atom. The van der Waals surface area contributed by atoms with Gasteiger partial charge in [0.05, 0.1) is 5.52 Å². The largest absolute Gasteiger partial charge is 0.352 e. The number of para-hydroxylation sites is 1. The summed E-state index contributed by atoms with van der Waals surface area (Å²) in [7, 11) is 0. The summed E-state index contributed by atoms with van der Waals surface area (Å²) in [4.78, 5) is 23.2. The van der Waals surface area contributed by atoms with Gasteiger partial charge in [-0.05, 0) is 25.0 Å². The fourth-order valence-electron chi connectivity index (χ4n) is 2.14. The van der Waals surface area contributed by atoms with E-state index < -0.39 is 0 Å². The molecule has 0 aliphatic rings. The first-order valence-electron chi connectivity index (χ1n) is 6.85. The van der Waals surface area contributed by atoms with Gasteiger partial charge in [-0.1, -0.05) is 26.0 Å². The van der Waals surface area contributed by atoms with Crippen LogP contribution in [-0.2, 0) is 11.3 Å². The monoisotopic (exact) mass is 272 g/mol. The number of nitrogens with zero attached hydrogens (tertiary/aromatic N) is 1. The second kappa shape index (κ2) is 5.90. The zero-order chi connectivity index (χ0) is 14.7. The quantitative estimate of drug-likeness (QED) is 0.851. The van der Waals surface area contributed by atoms with Gasteiger partial charge < -0.3 is 9.88 Å². The first kappa shape index (κ1) is 14.3. The molecule has 1 aromatic heterocycles. The van der Waals surface area contributed by atoms with Gasteiger partial charge in [0.2, 0.25) is 5.91 Å². The fraction of sp³-hybridized carbons (Fsp3) is 0.375. The maximum Gasteiger partial charge on any atom is 0.240 e. The number of carbonyl (C=O) groups is 2. The van der Waals surface area contributed by atoms with E-state index in [9.17, 15) is 9.59 Å². The lowest BCUT2D eigenvalue weighted by molar-refractivity contribution is -0.122. The average molecular weight is 272 g/mol. The topological polar surface area (TPSA) is 51.1 Å². The minimum absolute atomic E-state index is 0.0376. The van der Waals surface area contributed by atoms with Crippen LogP contribution in [0.1, 0.15) is 31.1 Å². The smallest absolute Gasteiger partial charge is 0.240 e. The van der Waals surface area contributed by atoms with Crippen LogP contribution in [0.3, 0.4) is 0 Å². The van der Waals surface area contributed by atoms with E-state index >= 15 is 0 Å². The van der Waals surface area contributed by atoms with Crippen LogP contribution in [0.4, 0.5) is 0 Å². The Morgan fingerprint density at radius 1 is 1.30 bits per heavy atom. The minimum atomic E-state index is -0.0376. The summed E-state index contributed by atoms with van der Waals surface area (Å²) < 4.78 is 1.82. The van der Waals surface area contributed by atoms with Gasteiger partial charge in [-0.2, -0.15) is 0 Å². The molecule has 1 unspecified atom stereocenters. The molecule has 1 aromatic carbocycles. The van der Waals surface area contributed by atoms with Gasteiger partial charge in [0, 0.05) is 23.2 Å². The van der Waals surface area contributed by atoms with Gasteiger partial charge in [0.1, 0.15) is 6.54 Å². The molecule has 2 aromatic rings. The van der Waals surface area contributed by atoms with Crippen LogP contribution < -0.4 is 5.32 Å². The lowest BCUT2D eigenvalue weighted by atomic mass is 10.1. The Labute approximate surface area is 118 Å². The van der Waals surface area contributed by atoms with E-state index in [1.165, 1.54) is 0 Å². The van der Waals surface area contributed by atoms with Crippen LogP contribution >= 0.6 is 0 Å². The van der Waals surface area contributed by atoms with E-state index in [4.69, 9.17) is 0 Å². The zero-order valence-electron chi connectivity index (χ0n) is 12.1. The molecule has 0 aliphatic carbocycles. The van der Waals surface area contributed by atoms with Crippen LogP contribution in [0.25, 0.3) is 10.9 Å². The molecular weight excluding hydrogens is 252 g/mol. The van der Waals surface area contributed by atoms with Crippen molar-refractivity contribution < 1.29 is 9.59 Å². The number of nitrogens with one attached hydrogen (secondary N) is 1. The Hall–Kier alpha value is -2.10. The highest BCUT2D eigenvalue weighted by molar-refractivity contribution is 5.97. The molecule has 2 rings (SSSR count). The summed E-state index contributed by atoms with van der Waals surface area (Å²) in [5.74, 6) is 0.357. The lowest BCUT2D eigenvalue weighted by Gasteiger charge is -2.18. The number of aldehydes is 1. The van der Waals surface area contributed by atoms with Gasteiger partial charge in [-0.3, -0.25) is 9.59 Å². The third-order valence-electron chi connectivity index (χ3n) is 3.65. The van der Waals surface area contributed by atoms with Crippen LogP contribution in [0, 0.1) is 5.92 Å². The van der Waals surface area contributed by atoms with Crippen molar-refractivity contribution in [1.82, 2.24) is 9.88 Å². The maximum atomic E-state index is 12.0. The number of rotatable bonds is 5. The van der Waals surface area contributed by atoms with Crippen LogP contribution in [0.2, 0.25) is 0 Å². The highest BCUT2D eigenvalue weighted by atomic mass is 16.2. The molecule has 0 aliphatic heterocycles. The van der Waals surface area contributed by atoms with Gasteiger partial charge in [-0.15, -0.1) is 0 Å². The number of aromatic nitrogens is 1. The number of fused-ring (bicyclic) bond motifs is 1. The van der Waals surface area contributed by atoms with Crippen molar-refractivity contribution in [3.05, 3.63) is 36.0 Å². The minimum Gasteiger partial charge on any atom is -0.352 e. The van der Waals surface area contributed by atoms with E-state index in [0.29, 0.717) is 11.5 Å². The molecule has 1 N–H and O–H groups in total. The number of hydrogen-bond donors (Lipinski definition) is 1. The number of amides is 1. The van der Waals surface area contributed by atoms with E-state index in [1.54, 1.807) is 6.07 Å². The molecule has 0 saturated carbocycles. The molecule has 0 radical (unpaired) electrons. The predicted octanol–water partition coefficient (Wildman–Crippen LogP) is 2.61. The molecule has 106 valence electrons. The zero-order valence-corrected chi connectivity index (χ0v) is 12.1. The molecule has 1 heterocycles. The standard InChI is InChI=1S/C16H20N2O2/c1-11(2)12(3)17-15(20)9-18-8-7-13-5-4-6-14(10-19)16(13)18/h4-8,10-12H,9H2,1-3H3,(H,17,20). The van der Waals surface area contributed by atoms with Gasteiger partial charge in [0.25, 0.3) is 0 Å². The molecule has 0 saturated heterocycles. The predicted molar refractivity (Wildman–Crippen MR) is 79.8 cm³/mol. The Morgan fingerprint density at radius 3 is 2.70 bits per heavy atom. The molecule has 0 fully saturated rings. The van der Waals surface area contributed by atoms with Gasteiger partial charge in [-0.25, -0.2) is 0 Å². The fourth-order valence-corrected chi connectivity index (χ4v) is 2.14. The number of carbonyl (C=O) groups excluding carboxylic acids is 2. The van der Waals surface area contributed by atoms with Crippen molar-refractivity contribution in [3.8, 4) is 0 Å². The van der Waals surface area contributed by atoms with Crippen LogP contribution in [0.5, 0.6) is 0 Å². The van der Waals surface area contributed by atoms with Crippen molar-refractivity contribution in [2.75, 3.05) is 0 Å². The molecule has 1 amide bonds. The summed E-state index contributed by atoms with van der Waals surface area (Å²) >= 11 is 0. The van der Waals surface area contributed by atoms with Gasteiger partial charge >= 0.3 is 0 Å². The van der Waals surface area contributed by atoms with E-state index in [1.807, 2.05) is 35.9 Å².